The second kappa shape index (κ2) is 8.13. The molecule has 0 spiro atoms. The molecule has 2 unspecified atom stereocenters. The lowest BCUT2D eigenvalue weighted by molar-refractivity contribution is -0.135. The Labute approximate surface area is 143 Å². The molecule has 0 aromatic heterocycles. The van der Waals surface area contributed by atoms with Crippen molar-refractivity contribution in [3.05, 3.63) is 48.0 Å². The van der Waals surface area contributed by atoms with E-state index in [9.17, 15) is 9.59 Å². The van der Waals surface area contributed by atoms with E-state index >= 15 is 0 Å². The number of carbonyl (C=O) groups is 2. The molecule has 2 aliphatic rings. The van der Waals surface area contributed by atoms with Crippen LogP contribution in [0, 0.1) is 5.92 Å². The fraction of sp³-hybridized carbons (Fsp3) is 0.500. The van der Waals surface area contributed by atoms with Crippen LogP contribution in [-0.2, 0) is 16.0 Å². The molecule has 1 aromatic carbocycles. The monoisotopic (exact) mass is 326 g/mol. The molecule has 1 fully saturated rings. The molecule has 2 amide bonds. The first kappa shape index (κ1) is 16.7. The van der Waals surface area contributed by atoms with Crippen molar-refractivity contribution in [2.24, 2.45) is 5.92 Å². The number of benzene rings is 1. The maximum atomic E-state index is 12.8. The largest absolute Gasteiger partial charge is 0.344 e. The van der Waals surface area contributed by atoms with Crippen LogP contribution >= 0.6 is 0 Å². The maximum absolute atomic E-state index is 12.8. The molecule has 128 valence electrons. The number of hydrogen-bond donors (Lipinski definition) is 1. The van der Waals surface area contributed by atoms with Crippen molar-refractivity contribution in [3.8, 4) is 0 Å². The van der Waals surface area contributed by atoms with Crippen molar-refractivity contribution >= 4 is 11.8 Å². The van der Waals surface area contributed by atoms with Crippen LogP contribution in [0.15, 0.2) is 42.5 Å². The molecule has 4 nitrogen and oxygen atoms in total. The number of nitrogens with zero attached hydrogens (tertiary/aromatic N) is 1. The number of carbonyl (C=O) groups excluding carboxylic acids is 2. The van der Waals surface area contributed by atoms with Gasteiger partial charge in [-0.3, -0.25) is 9.59 Å². The van der Waals surface area contributed by atoms with Gasteiger partial charge in [0, 0.05) is 25.9 Å². The Kier molecular flexibility index (Phi) is 5.68. The van der Waals surface area contributed by atoms with E-state index in [0.29, 0.717) is 18.8 Å². The highest BCUT2D eigenvalue weighted by atomic mass is 16.2. The Hall–Kier alpha value is -2.10. The Morgan fingerprint density at radius 2 is 1.92 bits per heavy atom. The van der Waals surface area contributed by atoms with E-state index in [2.05, 4.69) is 17.5 Å². The molecular weight excluding hydrogens is 300 g/mol. The average molecular weight is 326 g/mol. The van der Waals surface area contributed by atoms with Crippen LogP contribution in [0.4, 0.5) is 0 Å². The van der Waals surface area contributed by atoms with Gasteiger partial charge in [-0.05, 0) is 37.2 Å². The van der Waals surface area contributed by atoms with E-state index in [-0.39, 0.29) is 11.8 Å². The van der Waals surface area contributed by atoms with E-state index in [1.165, 1.54) is 0 Å². The summed E-state index contributed by atoms with van der Waals surface area (Å²) in [6, 6.07) is 9.47. The fourth-order valence-electron chi connectivity index (χ4n) is 3.56. The summed E-state index contributed by atoms with van der Waals surface area (Å²) in [6.07, 6.45) is 9.50. The van der Waals surface area contributed by atoms with Gasteiger partial charge in [-0.25, -0.2) is 0 Å². The van der Waals surface area contributed by atoms with Crippen LogP contribution in [0.1, 0.15) is 37.7 Å². The predicted molar refractivity (Wildman–Crippen MR) is 94.4 cm³/mol. The molecule has 4 heteroatoms. The standard InChI is InChI=1S/C20H26N2O2/c23-19(15-17-10-4-5-11-17)21-18(14-16-8-2-1-3-9-16)20(24)22-12-6-7-13-22/h1-4,8-10,17-18H,5-7,11-15H2,(H,21,23). The predicted octanol–water partition coefficient (Wildman–Crippen LogP) is 2.69. The van der Waals surface area contributed by atoms with E-state index in [0.717, 1.165) is 44.3 Å². The Bertz CT molecular complexity index is 591. The minimum atomic E-state index is -0.455. The molecule has 1 aromatic rings. The highest BCUT2D eigenvalue weighted by molar-refractivity contribution is 5.88. The first-order valence-corrected chi connectivity index (χ1v) is 9.01. The lowest BCUT2D eigenvalue weighted by atomic mass is 10.0. The van der Waals surface area contributed by atoms with Crippen molar-refractivity contribution in [2.45, 2.75) is 44.6 Å². The molecule has 1 aliphatic carbocycles. The molecular formula is C20H26N2O2. The van der Waals surface area contributed by atoms with Gasteiger partial charge in [0.2, 0.25) is 11.8 Å². The Morgan fingerprint density at radius 3 is 2.58 bits per heavy atom. The molecule has 2 atom stereocenters. The number of hydrogen-bond acceptors (Lipinski definition) is 2. The summed E-state index contributed by atoms with van der Waals surface area (Å²) in [6.45, 7) is 1.62. The summed E-state index contributed by atoms with van der Waals surface area (Å²) in [5.41, 5.74) is 1.08. The van der Waals surface area contributed by atoms with Crippen LogP contribution in [0.2, 0.25) is 0 Å². The molecule has 1 heterocycles. The van der Waals surface area contributed by atoms with Crippen LogP contribution in [-0.4, -0.2) is 35.8 Å². The summed E-state index contributed by atoms with van der Waals surface area (Å²) < 4.78 is 0. The van der Waals surface area contributed by atoms with Crippen LogP contribution in [0.25, 0.3) is 0 Å². The first-order chi connectivity index (χ1) is 11.7. The molecule has 24 heavy (non-hydrogen) atoms. The SMILES string of the molecule is O=C(CC1C=CCC1)NC(Cc1ccccc1)C(=O)N1CCCC1. The van der Waals surface area contributed by atoms with Gasteiger partial charge < -0.3 is 10.2 Å². The number of nitrogens with one attached hydrogen (secondary N) is 1. The Morgan fingerprint density at radius 1 is 1.17 bits per heavy atom. The minimum Gasteiger partial charge on any atom is -0.344 e. The molecule has 0 saturated carbocycles. The summed E-state index contributed by atoms with van der Waals surface area (Å²) >= 11 is 0. The minimum absolute atomic E-state index is 0.0139. The maximum Gasteiger partial charge on any atom is 0.245 e. The quantitative estimate of drug-likeness (QED) is 0.817. The highest BCUT2D eigenvalue weighted by Gasteiger charge is 2.28. The third-order valence-electron chi connectivity index (χ3n) is 4.89. The van der Waals surface area contributed by atoms with Gasteiger partial charge >= 0.3 is 0 Å². The summed E-state index contributed by atoms with van der Waals surface area (Å²) in [4.78, 5) is 27.1. The summed E-state index contributed by atoms with van der Waals surface area (Å²) in [7, 11) is 0. The van der Waals surface area contributed by atoms with Crippen molar-refractivity contribution in [1.29, 1.82) is 0 Å². The van der Waals surface area contributed by atoms with Crippen LogP contribution in [0.5, 0.6) is 0 Å². The van der Waals surface area contributed by atoms with Gasteiger partial charge in [-0.15, -0.1) is 0 Å². The molecule has 1 N–H and O–H groups in total. The summed E-state index contributed by atoms with van der Waals surface area (Å²) in [5.74, 6) is 0.371. The van der Waals surface area contributed by atoms with Gasteiger partial charge in [0.05, 0.1) is 0 Å². The van der Waals surface area contributed by atoms with Gasteiger partial charge in [0.1, 0.15) is 6.04 Å². The Balaban J connectivity index is 1.64. The normalized spacial score (nSPS) is 21.0. The molecule has 1 saturated heterocycles. The van der Waals surface area contributed by atoms with Gasteiger partial charge in [0.15, 0.2) is 0 Å². The van der Waals surface area contributed by atoms with Crippen LogP contribution in [0.3, 0.4) is 0 Å². The zero-order valence-electron chi connectivity index (χ0n) is 14.1. The lowest BCUT2D eigenvalue weighted by Crippen LogP contribution is -2.49. The fourth-order valence-corrected chi connectivity index (χ4v) is 3.56. The number of allylic oxidation sites excluding steroid dienone is 2. The second-order valence-corrected chi connectivity index (χ2v) is 6.81. The van der Waals surface area contributed by atoms with Crippen molar-refractivity contribution in [2.75, 3.05) is 13.1 Å². The van der Waals surface area contributed by atoms with E-state index < -0.39 is 6.04 Å². The number of rotatable bonds is 6. The van der Waals surface area contributed by atoms with Gasteiger partial charge in [0.25, 0.3) is 0 Å². The van der Waals surface area contributed by atoms with E-state index in [1.54, 1.807) is 0 Å². The third-order valence-corrected chi connectivity index (χ3v) is 4.89. The summed E-state index contributed by atoms with van der Waals surface area (Å²) in [5, 5.41) is 3.01. The van der Waals surface area contributed by atoms with Crippen molar-refractivity contribution < 1.29 is 9.59 Å². The van der Waals surface area contributed by atoms with Gasteiger partial charge in [-0.1, -0.05) is 42.5 Å². The van der Waals surface area contributed by atoms with Gasteiger partial charge in [-0.2, -0.15) is 0 Å². The third kappa shape index (κ3) is 4.47. The van der Waals surface area contributed by atoms with Crippen LogP contribution < -0.4 is 5.32 Å². The molecule has 1 aliphatic heterocycles. The zero-order chi connectivity index (χ0) is 16.8. The van der Waals surface area contributed by atoms with Crippen molar-refractivity contribution in [3.63, 3.8) is 0 Å². The molecule has 0 radical (unpaired) electrons. The van der Waals surface area contributed by atoms with E-state index in [4.69, 9.17) is 0 Å². The van der Waals surface area contributed by atoms with Crippen molar-refractivity contribution in [1.82, 2.24) is 10.2 Å². The number of likely N-dealkylation sites (tertiary alicyclic amines) is 1. The smallest absolute Gasteiger partial charge is 0.245 e. The first-order valence-electron chi connectivity index (χ1n) is 9.01. The lowest BCUT2D eigenvalue weighted by Gasteiger charge is -2.24. The van der Waals surface area contributed by atoms with E-state index in [1.807, 2.05) is 35.2 Å². The topological polar surface area (TPSA) is 49.4 Å². The number of amides is 2. The zero-order valence-corrected chi connectivity index (χ0v) is 14.1. The molecule has 3 rings (SSSR count). The molecule has 0 bridgehead atoms. The second-order valence-electron chi connectivity index (χ2n) is 6.81. The highest BCUT2D eigenvalue weighted by Crippen LogP contribution is 2.20. The average Bonchev–Trinajstić information content (AvgIpc) is 3.28.